The molecule has 2 aromatic rings. The van der Waals surface area contributed by atoms with Gasteiger partial charge in [-0.3, -0.25) is 9.78 Å². The van der Waals surface area contributed by atoms with E-state index in [-0.39, 0.29) is 36.3 Å². The first-order valence-corrected chi connectivity index (χ1v) is 10.7. The summed E-state index contributed by atoms with van der Waals surface area (Å²) < 4.78 is 11.8. The van der Waals surface area contributed by atoms with Gasteiger partial charge in [0, 0.05) is 36.2 Å². The zero-order valence-electron chi connectivity index (χ0n) is 17.7. The van der Waals surface area contributed by atoms with Crippen LogP contribution in [0.2, 0.25) is 0 Å². The SMILES string of the molecule is COc1ccc([C@H]2CNC(=O)[C@@H](Cc3cccc(C)n3)C2)cc1OC1CCCC1.Cl. The van der Waals surface area contributed by atoms with Gasteiger partial charge in [-0.15, -0.1) is 12.4 Å². The second-order valence-electron chi connectivity index (χ2n) is 8.28. The van der Waals surface area contributed by atoms with Crippen molar-refractivity contribution in [1.29, 1.82) is 0 Å². The Labute approximate surface area is 185 Å². The first kappa shape index (κ1) is 22.4. The van der Waals surface area contributed by atoms with Crippen molar-refractivity contribution in [3.05, 3.63) is 53.3 Å². The summed E-state index contributed by atoms with van der Waals surface area (Å²) in [5.74, 6) is 1.93. The van der Waals surface area contributed by atoms with Crippen LogP contribution in [0.25, 0.3) is 0 Å². The summed E-state index contributed by atoms with van der Waals surface area (Å²) in [6.45, 7) is 2.64. The largest absolute Gasteiger partial charge is 0.493 e. The van der Waals surface area contributed by atoms with Crippen molar-refractivity contribution >= 4 is 18.3 Å². The van der Waals surface area contributed by atoms with E-state index in [0.29, 0.717) is 13.0 Å². The van der Waals surface area contributed by atoms with Crippen LogP contribution in [0.15, 0.2) is 36.4 Å². The molecule has 6 heteroatoms. The lowest BCUT2D eigenvalue weighted by Gasteiger charge is -2.30. The third-order valence-corrected chi connectivity index (χ3v) is 6.12. The lowest BCUT2D eigenvalue weighted by atomic mass is 9.83. The smallest absolute Gasteiger partial charge is 0.223 e. The molecule has 162 valence electrons. The van der Waals surface area contributed by atoms with Crippen molar-refractivity contribution in [3.8, 4) is 11.5 Å². The van der Waals surface area contributed by atoms with Crippen molar-refractivity contribution in [2.24, 2.45) is 5.92 Å². The molecule has 0 bridgehead atoms. The topological polar surface area (TPSA) is 60.5 Å². The van der Waals surface area contributed by atoms with Crippen LogP contribution < -0.4 is 14.8 Å². The average molecular weight is 431 g/mol. The van der Waals surface area contributed by atoms with E-state index < -0.39 is 0 Å². The van der Waals surface area contributed by atoms with Gasteiger partial charge in [-0.1, -0.05) is 12.1 Å². The Morgan fingerprint density at radius 2 is 1.93 bits per heavy atom. The van der Waals surface area contributed by atoms with Crippen molar-refractivity contribution in [2.75, 3.05) is 13.7 Å². The summed E-state index contributed by atoms with van der Waals surface area (Å²) >= 11 is 0. The second kappa shape index (κ2) is 10.2. The summed E-state index contributed by atoms with van der Waals surface area (Å²) in [6.07, 6.45) is 6.45. The summed E-state index contributed by atoms with van der Waals surface area (Å²) in [5.41, 5.74) is 3.16. The molecule has 30 heavy (non-hydrogen) atoms. The van der Waals surface area contributed by atoms with E-state index in [9.17, 15) is 4.79 Å². The minimum atomic E-state index is -0.0654. The number of rotatable bonds is 6. The van der Waals surface area contributed by atoms with E-state index in [1.54, 1.807) is 7.11 Å². The Morgan fingerprint density at radius 1 is 1.13 bits per heavy atom. The van der Waals surface area contributed by atoms with Crippen LogP contribution in [0.1, 0.15) is 55.0 Å². The Kier molecular flexibility index (Phi) is 7.59. The van der Waals surface area contributed by atoms with E-state index in [2.05, 4.69) is 22.4 Å². The number of aromatic nitrogens is 1. The number of amides is 1. The maximum atomic E-state index is 12.5. The van der Waals surface area contributed by atoms with Gasteiger partial charge in [-0.25, -0.2) is 0 Å². The molecule has 4 rings (SSSR count). The Morgan fingerprint density at radius 3 is 2.67 bits per heavy atom. The number of nitrogens with one attached hydrogen (secondary N) is 1. The monoisotopic (exact) mass is 430 g/mol. The third-order valence-electron chi connectivity index (χ3n) is 6.12. The van der Waals surface area contributed by atoms with Gasteiger partial charge in [0.05, 0.1) is 13.2 Å². The first-order chi connectivity index (χ1) is 14.1. The summed E-state index contributed by atoms with van der Waals surface area (Å²) in [4.78, 5) is 17.1. The predicted molar refractivity (Wildman–Crippen MR) is 120 cm³/mol. The molecule has 0 radical (unpaired) electrons. The quantitative estimate of drug-likeness (QED) is 0.727. The highest BCUT2D eigenvalue weighted by atomic mass is 35.5. The molecule has 1 aliphatic carbocycles. The highest BCUT2D eigenvalue weighted by Gasteiger charge is 2.30. The highest BCUT2D eigenvalue weighted by molar-refractivity contribution is 5.85. The number of hydrogen-bond acceptors (Lipinski definition) is 4. The lowest BCUT2D eigenvalue weighted by molar-refractivity contribution is -0.126. The number of benzene rings is 1. The molecule has 1 saturated carbocycles. The van der Waals surface area contributed by atoms with Crippen molar-refractivity contribution in [2.45, 2.75) is 57.5 Å². The van der Waals surface area contributed by atoms with E-state index in [4.69, 9.17) is 9.47 Å². The van der Waals surface area contributed by atoms with E-state index in [0.717, 1.165) is 42.1 Å². The number of nitrogens with zero attached hydrogens (tertiary/aromatic N) is 1. The van der Waals surface area contributed by atoms with Crippen LogP contribution >= 0.6 is 12.4 Å². The highest BCUT2D eigenvalue weighted by Crippen LogP contribution is 2.37. The summed E-state index contributed by atoms with van der Waals surface area (Å²) in [6, 6.07) is 12.2. The zero-order chi connectivity index (χ0) is 20.2. The van der Waals surface area contributed by atoms with Crippen LogP contribution in [0.5, 0.6) is 11.5 Å². The van der Waals surface area contributed by atoms with Gasteiger partial charge >= 0.3 is 0 Å². The van der Waals surface area contributed by atoms with Gasteiger partial charge in [0.1, 0.15) is 0 Å². The van der Waals surface area contributed by atoms with Gasteiger partial charge in [0.25, 0.3) is 0 Å². The number of methoxy groups -OCH3 is 1. The van der Waals surface area contributed by atoms with E-state index >= 15 is 0 Å². The Bertz CT molecular complexity index is 867. The number of pyridine rings is 1. The van der Waals surface area contributed by atoms with Crippen molar-refractivity contribution < 1.29 is 14.3 Å². The number of aryl methyl sites for hydroxylation is 1. The molecule has 2 fully saturated rings. The predicted octanol–water partition coefficient (Wildman–Crippen LogP) is 4.60. The lowest BCUT2D eigenvalue weighted by Crippen LogP contribution is -2.41. The molecular weight excluding hydrogens is 400 g/mol. The van der Waals surface area contributed by atoms with Gasteiger partial charge < -0.3 is 14.8 Å². The molecule has 0 spiro atoms. The molecule has 1 aromatic carbocycles. The van der Waals surface area contributed by atoms with Crippen LogP contribution in [0, 0.1) is 12.8 Å². The number of hydrogen-bond donors (Lipinski definition) is 1. The first-order valence-electron chi connectivity index (χ1n) is 10.7. The molecule has 2 heterocycles. The van der Waals surface area contributed by atoms with E-state index in [1.807, 2.05) is 31.2 Å². The second-order valence-corrected chi connectivity index (χ2v) is 8.28. The number of carbonyl (C=O) groups excluding carboxylic acids is 1. The van der Waals surface area contributed by atoms with Crippen molar-refractivity contribution in [1.82, 2.24) is 10.3 Å². The standard InChI is InChI=1S/C24H30N2O3.ClH/c1-16-6-5-7-20(26-16)13-18-12-19(15-25-24(18)27)17-10-11-22(28-2)23(14-17)29-21-8-3-4-9-21;/h5-7,10-11,14,18-19,21H,3-4,8-9,12-13,15H2,1-2H3,(H,25,27);1H/t18-,19-;/m1./s1. The van der Waals surface area contributed by atoms with Gasteiger partial charge in [-0.2, -0.15) is 0 Å². The van der Waals surface area contributed by atoms with Crippen molar-refractivity contribution in [3.63, 3.8) is 0 Å². The average Bonchev–Trinajstić information content (AvgIpc) is 3.23. The number of halogens is 1. The fourth-order valence-electron chi connectivity index (χ4n) is 4.52. The maximum absolute atomic E-state index is 12.5. The molecule has 1 aromatic heterocycles. The molecular formula is C24H31ClN2O3. The van der Waals surface area contributed by atoms with Crippen LogP contribution in [0.3, 0.4) is 0 Å². The summed E-state index contributed by atoms with van der Waals surface area (Å²) in [7, 11) is 1.68. The van der Waals surface area contributed by atoms with Gasteiger partial charge in [-0.05, 0) is 68.9 Å². The molecule has 1 N–H and O–H groups in total. The zero-order valence-corrected chi connectivity index (χ0v) is 18.5. The van der Waals surface area contributed by atoms with E-state index in [1.165, 1.54) is 18.4 Å². The molecule has 1 saturated heterocycles. The normalized spacial score (nSPS) is 21.6. The Hall–Kier alpha value is -2.27. The molecule has 2 atom stereocenters. The minimum absolute atomic E-state index is 0. The minimum Gasteiger partial charge on any atom is -0.493 e. The third kappa shape index (κ3) is 5.25. The maximum Gasteiger partial charge on any atom is 0.223 e. The number of carbonyl (C=O) groups is 1. The van der Waals surface area contributed by atoms with Crippen LogP contribution in [-0.4, -0.2) is 30.6 Å². The van der Waals surface area contributed by atoms with Gasteiger partial charge in [0.15, 0.2) is 11.5 Å². The summed E-state index contributed by atoms with van der Waals surface area (Å²) in [5, 5.41) is 3.10. The Balaban J connectivity index is 0.00000256. The molecule has 0 unspecified atom stereocenters. The van der Waals surface area contributed by atoms with Gasteiger partial charge in [0.2, 0.25) is 5.91 Å². The number of ether oxygens (including phenoxy) is 2. The molecule has 1 aliphatic heterocycles. The molecule has 2 aliphatic rings. The van der Waals surface area contributed by atoms with Crippen LogP contribution in [-0.2, 0) is 11.2 Å². The van der Waals surface area contributed by atoms with Crippen LogP contribution in [0.4, 0.5) is 0 Å². The molecule has 5 nitrogen and oxygen atoms in total. The fraction of sp³-hybridized carbons (Fsp3) is 0.500. The number of piperidine rings is 1. The fourth-order valence-corrected chi connectivity index (χ4v) is 4.52. The molecule has 1 amide bonds.